The maximum atomic E-state index is 12.4. The first-order valence-electron chi connectivity index (χ1n) is 8.25. The highest BCUT2D eigenvalue weighted by atomic mass is 35.5. The molecule has 1 unspecified atom stereocenters. The van der Waals surface area contributed by atoms with Crippen molar-refractivity contribution < 1.29 is 9.53 Å². The molecule has 6 nitrogen and oxygen atoms in total. The molecule has 0 saturated carbocycles. The van der Waals surface area contributed by atoms with Crippen molar-refractivity contribution in [1.29, 1.82) is 0 Å². The highest BCUT2D eigenvalue weighted by Gasteiger charge is 2.19. The van der Waals surface area contributed by atoms with Crippen molar-refractivity contribution in [1.82, 2.24) is 14.8 Å². The van der Waals surface area contributed by atoms with Gasteiger partial charge in [0.25, 0.3) is 0 Å². The van der Waals surface area contributed by atoms with Crippen LogP contribution >= 0.6 is 23.4 Å². The Labute approximate surface area is 166 Å². The van der Waals surface area contributed by atoms with Crippen LogP contribution in [0.15, 0.2) is 53.7 Å². The fraction of sp³-hybridized carbons (Fsp3) is 0.211. The molecule has 1 amide bonds. The molecular formula is C19H19ClN4O2S. The molecule has 140 valence electrons. The summed E-state index contributed by atoms with van der Waals surface area (Å²) in [6.07, 6.45) is 0. The Morgan fingerprint density at radius 2 is 1.81 bits per heavy atom. The summed E-state index contributed by atoms with van der Waals surface area (Å²) in [5.41, 5.74) is 1.63. The predicted octanol–water partition coefficient (Wildman–Crippen LogP) is 4.26. The van der Waals surface area contributed by atoms with Gasteiger partial charge in [-0.1, -0.05) is 23.4 Å². The van der Waals surface area contributed by atoms with Crippen LogP contribution < -0.4 is 10.1 Å². The standard InChI is InChI=1S/C19H19ClN4O2S/c1-12(18(25)21-15-8-6-14(20)7-9-15)27-19-23-22-17(24(19)2)13-4-10-16(26-3)11-5-13/h4-12H,1-3H3,(H,21,25). The van der Waals surface area contributed by atoms with Crippen molar-refractivity contribution in [2.45, 2.75) is 17.3 Å². The quantitative estimate of drug-likeness (QED) is 0.624. The van der Waals surface area contributed by atoms with Crippen molar-refractivity contribution in [2.24, 2.45) is 7.05 Å². The van der Waals surface area contributed by atoms with Gasteiger partial charge in [-0.25, -0.2) is 0 Å². The van der Waals surface area contributed by atoms with Gasteiger partial charge < -0.3 is 14.6 Å². The lowest BCUT2D eigenvalue weighted by Gasteiger charge is -2.12. The minimum absolute atomic E-state index is 0.115. The van der Waals surface area contributed by atoms with E-state index in [0.29, 0.717) is 15.9 Å². The monoisotopic (exact) mass is 402 g/mol. The molecule has 1 atom stereocenters. The van der Waals surface area contributed by atoms with E-state index in [1.807, 2.05) is 42.8 Å². The number of hydrogen-bond donors (Lipinski definition) is 1. The van der Waals surface area contributed by atoms with Crippen molar-refractivity contribution in [3.05, 3.63) is 53.6 Å². The molecule has 0 aliphatic rings. The van der Waals surface area contributed by atoms with Gasteiger partial charge >= 0.3 is 0 Å². The van der Waals surface area contributed by atoms with Gasteiger partial charge in [-0.2, -0.15) is 0 Å². The first-order valence-corrected chi connectivity index (χ1v) is 9.50. The first kappa shape index (κ1) is 19.3. The van der Waals surface area contributed by atoms with E-state index in [-0.39, 0.29) is 11.2 Å². The molecule has 27 heavy (non-hydrogen) atoms. The molecule has 0 aliphatic heterocycles. The molecule has 0 saturated heterocycles. The maximum absolute atomic E-state index is 12.4. The lowest BCUT2D eigenvalue weighted by Crippen LogP contribution is -2.22. The van der Waals surface area contributed by atoms with Crippen molar-refractivity contribution in [2.75, 3.05) is 12.4 Å². The smallest absolute Gasteiger partial charge is 0.237 e. The van der Waals surface area contributed by atoms with Crippen LogP contribution in [0.1, 0.15) is 6.92 Å². The number of methoxy groups -OCH3 is 1. The number of halogens is 1. The van der Waals surface area contributed by atoms with E-state index in [1.165, 1.54) is 11.8 Å². The Kier molecular flexibility index (Phi) is 6.03. The highest BCUT2D eigenvalue weighted by Crippen LogP contribution is 2.27. The average molecular weight is 403 g/mol. The number of benzene rings is 2. The van der Waals surface area contributed by atoms with E-state index in [4.69, 9.17) is 16.3 Å². The second kappa shape index (κ2) is 8.45. The molecule has 2 aromatic carbocycles. The van der Waals surface area contributed by atoms with Gasteiger partial charge in [0.2, 0.25) is 5.91 Å². The molecule has 0 aliphatic carbocycles. The van der Waals surface area contributed by atoms with Crippen LogP contribution in [-0.4, -0.2) is 33.0 Å². The Morgan fingerprint density at radius 1 is 1.15 bits per heavy atom. The number of anilines is 1. The molecule has 3 rings (SSSR count). The van der Waals surface area contributed by atoms with Crippen LogP contribution in [0.2, 0.25) is 5.02 Å². The van der Waals surface area contributed by atoms with Gasteiger partial charge in [-0.15, -0.1) is 10.2 Å². The summed E-state index contributed by atoms with van der Waals surface area (Å²) < 4.78 is 7.05. The predicted molar refractivity (Wildman–Crippen MR) is 108 cm³/mol. The van der Waals surface area contributed by atoms with Gasteiger partial charge in [0.05, 0.1) is 12.4 Å². The fourth-order valence-corrected chi connectivity index (χ4v) is 3.34. The zero-order valence-corrected chi connectivity index (χ0v) is 16.7. The third-order valence-electron chi connectivity index (χ3n) is 3.95. The number of aromatic nitrogens is 3. The second-order valence-electron chi connectivity index (χ2n) is 5.85. The Bertz CT molecular complexity index is 926. The minimum Gasteiger partial charge on any atom is -0.497 e. The maximum Gasteiger partial charge on any atom is 0.237 e. The molecule has 3 aromatic rings. The second-order valence-corrected chi connectivity index (χ2v) is 7.59. The van der Waals surface area contributed by atoms with E-state index in [2.05, 4.69) is 15.5 Å². The van der Waals surface area contributed by atoms with Gasteiger partial charge in [-0.3, -0.25) is 4.79 Å². The number of nitrogens with zero attached hydrogens (tertiary/aromatic N) is 3. The van der Waals surface area contributed by atoms with Crippen molar-refractivity contribution >= 4 is 35.0 Å². The number of ether oxygens (including phenoxy) is 1. The molecule has 0 spiro atoms. The van der Waals surface area contributed by atoms with Gasteiger partial charge in [-0.05, 0) is 55.5 Å². The highest BCUT2D eigenvalue weighted by molar-refractivity contribution is 8.00. The van der Waals surface area contributed by atoms with Gasteiger partial charge in [0.15, 0.2) is 11.0 Å². The van der Waals surface area contributed by atoms with E-state index in [0.717, 1.165) is 17.1 Å². The molecule has 1 aromatic heterocycles. The normalized spacial score (nSPS) is 11.9. The molecule has 0 bridgehead atoms. The first-order chi connectivity index (χ1) is 13.0. The Morgan fingerprint density at radius 3 is 2.44 bits per heavy atom. The fourth-order valence-electron chi connectivity index (χ4n) is 2.40. The Hall–Kier alpha value is -2.51. The van der Waals surface area contributed by atoms with Crippen LogP contribution in [0.3, 0.4) is 0 Å². The van der Waals surface area contributed by atoms with E-state index >= 15 is 0 Å². The summed E-state index contributed by atoms with van der Waals surface area (Å²) >= 11 is 7.21. The summed E-state index contributed by atoms with van der Waals surface area (Å²) in [4.78, 5) is 12.4. The summed E-state index contributed by atoms with van der Waals surface area (Å²) in [6.45, 7) is 1.83. The van der Waals surface area contributed by atoms with Crippen molar-refractivity contribution in [3.63, 3.8) is 0 Å². The Balaban J connectivity index is 1.68. The number of thioether (sulfide) groups is 1. The molecule has 1 heterocycles. The van der Waals surface area contributed by atoms with Crippen LogP contribution in [0.4, 0.5) is 5.69 Å². The van der Waals surface area contributed by atoms with Gasteiger partial charge in [0, 0.05) is 23.3 Å². The molecule has 1 N–H and O–H groups in total. The zero-order chi connectivity index (χ0) is 19.4. The topological polar surface area (TPSA) is 69.0 Å². The summed E-state index contributed by atoms with van der Waals surface area (Å²) in [5.74, 6) is 1.39. The largest absolute Gasteiger partial charge is 0.497 e. The summed E-state index contributed by atoms with van der Waals surface area (Å²) in [7, 11) is 3.51. The third kappa shape index (κ3) is 4.61. The lowest BCUT2D eigenvalue weighted by atomic mass is 10.2. The number of hydrogen-bond acceptors (Lipinski definition) is 5. The van der Waals surface area contributed by atoms with E-state index < -0.39 is 0 Å². The summed E-state index contributed by atoms with van der Waals surface area (Å²) in [6, 6.07) is 14.6. The number of nitrogens with one attached hydrogen (secondary N) is 1. The lowest BCUT2D eigenvalue weighted by molar-refractivity contribution is -0.115. The SMILES string of the molecule is COc1ccc(-c2nnc(SC(C)C(=O)Nc3ccc(Cl)cc3)n2C)cc1. The molecule has 0 radical (unpaired) electrons. The number of carbonyl (C=O) groups excluding carboxylic acids is 1. The average Bonchev–Trinajstić information content (AvgIpc) is 3.04. The van der Waals surface area contributed by atoms with Crippen LogP contribution in [0, 0.1) is 0 Å². The van der Waals surface area contributed by atoms with Crippen LogP contribution in [-0.2, 0) is 11.8 Å². The van der Waals surface area contributed by atoms with Crippen molar-refractivity contribution in [3.8, 4) is 17.1 Å². The van der Waals surface area contributed by atoms with Crippen LogP contribution in [0.25, 0.3) is 11.4 Å². The number of carbonyl (C=O) groups is 1. The molecular weight excluding hydrogens is 384 g/mol. The van der Waals surface area contributed by atoms with E-state index in [9.17, 15) is 4.79 Å². The summed E-state index contributed by atoms with van der Waals surface area (Å²) in [5, 5.41) is 12.3. The molecule has 8 heteroatoms. The zero-order valence-electron chi connectivity index (χ0n) is 15.1. The van der Waals surface area contributed by atoms with E-state index in [1.54, 1.807) is 31.4 Å². The van der Waals surface area contributed by atoms with Crippen LogP contribution in [0.5, 0.6) is 5.75 Å². The molecule has 0 fully saturated rings. The van der Waals surface area contributed by atoms with Gasteiger partial charge in [0.1, 0.15) is 5.75 Å². The number of amides is 1. The minimum atomic E-state index is -0.340. The third-order valence-corrected chi connectivity index (χ3v) is 5.33. The number of rotatable bonds is 6.